The van der Waals surface area contributed by atoms with E-state index in [2.05, 4.69) is 103 Å². The second kappa shape index (κ2) is 27.1. The number of nitrogens with one attached hydrogen (secondary N) is 1. The van der Waals surface area contributed by atoms with Crippen LogP contribution in [0.4, 0.5) is 0 Å². The number of hydrogen-bond acceptors (Lipinski definition) is 11. The fraction of sp³-hybridized carbons (Fsp3) is 0.405. The van der Waals surface area contributed by atoms with E-state index in [1.165, 1.54) is 10.9 Å². The van der Waals surface area contributed by atoms with Gasteiger partial charge < -0.3 is 51.2 Å². The second-order valence-corrected chi connectivity index (χ2v) is 29.8. The topological polar surface area (TPSA) is 233 Å². The molecule has 15 atom stereocenters. The Morgan fingerprint density at radius 3 is 2.43 bits per heavy atom. The molecule has 9 aliphatic rings. The van der Waals surface area contributed by atoms with Gasteiger partial charge >= 0.3 is 29.6 Å². The first-order valence-corrected chi connectivity index (χ1v) is 35.1. The molecule has 10 bridgehead atoms. The summed E-state index contributed by atoms with van der Waals surface area (Å²) >= 11 is 0. The molecule has 0 unspecified atom stereocenters. The van der Waals surface area contributed by atoms with Crippen molar-refractivity contribution < 1.29 is 72.4 Å². The monoisotopic (exact) mass is 1290 g/mol. The number of nitrogens with zero attached hydrogens (tertiary/aromatic N) is 1. The number of aromatic hydroxyl groups is 1. The number of aryl methyl sites for hydroxylation is 1. The standard InChI is InChI=1S/C79H86N4O9S.Na/c1-47-16-17-56-39-64-28-31-66(56)69(47)42-72(93(88,89)90)71-41-60-37-59(40-65-35-49(46-84)11-6-13-55-38-63(85)27-30-67(55)76(60)91-65)74(71)53-22-25-61(26-23-53)79(92-64,83-77(80)81)44-62(34-48-9-4-3-5-10-48)78(87)32-8-15-58(43-78)51-18-20-54(21-19-51)75(86)68-29-24-52-12-7-14-57-33-50(45-82-2)36-70(68)73(52)57;/h3-5,7,9-10,12,14,18-31,33,36,38-39,41,47,49,58-59,62,65,68-69,71-72,74-76,82,84-87H,8,11,15-17,32,34-35,37,40,42-46H2,1-2H3,(H4,80,81,83)(H,88,89,90);/q;+1/p-1/t47-,49+,58+,59-,62-,65-,68-,69+,71-,72-,74+,75-,76-,78-,79+;/m1./s1. The van der Waals surface area contributed by atoms with Crippen LogP contribution in [0.2, 0.25) is 0 Å². The summed E-state index contributed by atoms with van der Waals surface area (Å²) in [6.45, 7) is 2.78. The molecule has 15 heteroatoms. The van der Waals surface area contributed by atoms with Crippen LogP contribution < -0.4 is 51.1 Å². The molecule has 5 heterocycles. The smallest absolute Gasteiger partial charge is 0.748 e. The molecule has 5 aliphatic heterocycles. The second-order valence-electron chi connectivity index (χ2n) is 28.2. The van der Waals surface area contributed by atoms with E-state index >= 15 is 0 Å². The van der Waals surface area contributed by atoms with Crippen molar-refractivity contribution in [1.29, 1.82) is 0 Å². The van der Waals surface area contributed by atoms with Gasteiger partial charge in [-0.25, -0.2) is 13.4 Å². The predicted octanol–water partition coefficient (Wildman–Crippen LogP) is 9.87. The van der Waals surface area contributed by atoms with Gasteiger partial charge in [0.15, 0.2) is 5.96 Å². The molecule has 9 N–H and O–H groups in total. The number of aliphatic hydroxyl groups excluding tert-OH is 2. The van der Waals surface area contributed by atoms with Crippen LogP contribution in [0.1, 0.15) is 180 Å². The average Bonchev–Trinajstić information content (AvgIpc) is 1.28. The zero-order valence-corrected chi connectivity index (χ0v) is 56.9. The van der Waals surface area contributed by atoms with Crippen molar-refractivity contribution >= 4 is 32.9 Å². The Balaban J connectivity index is 0.00000803. The number of phenolic OH excluding ortho intramolecular Hbond substituents is 1. The molecule has 7 aromatic rings. The molecular weight excluding hydrogens is 1200 g/mol. The van der Waals surface area contributed by atoms with Crippen LogP contribution in [0.15, 0.2) is 168 Å². The van der Waals surface area contributed by atoms with Gasteiger partial charge in [-0.15, -0.1) is 0 Å². The number of aliphatic imine (C=N–C) groups is 1. The Labute approximate surface area is 575 Å². The number of hydrogen-bond donors (Lipinski definition) is 7. The first kappa shape index (κ1) is 66.1. The summed E-state index contributed by atoms with van der Waals surface area (Å²) in [7, 11) is -3.02. The molecule has 13 nitrogen and oxygen atoms in total. The molecule has 482 valence electrons. The molecular formula is C79H85N4NaO9S. The summed E-state index contributed by atoms with van der Waals surface area (Å²) in [5.41, 5.74) is 22.6. The SMILES string of the molecule is CNCc1cc2c3c(cccc3c1)C=C[C@H]2[C@H](O)c1ccc([C@H]2CCC[C@](O)([C@H](Cc3ccccc3)C[C@]3(N=C(N)N)Oc4ccc5c(c4)CC[C@@H](C)[C@@H]5C[C@@H](S(=O)(=O)[O-])[C@H]4C=C5C[C@H](C[C@H]6C[C@@H](CO)CC#Cc7cc(O)ccc7[C@@H]5O6)[C@@H]4c4ccc3cc4)C2)cc1.[Na+]. The van der Waals surface area contributed by atoms with Gasteiger partial charge in [-0.1, -0.05) is 152 Å². The number of phenols is 1. The van der Waals surface area contributed by atoms with Crippen molar-refractivity contribution in [3.63, 3.8) is 0 Å². The van der Waals surface area contributed by atoms with Crippen LogP contribution in [-0.4, -0.2) is 70.0 Å². The fourth-order valence-electron chi connectivity index (χ4n) is 17.8. The molecule has 0 radical (unpaired) electrons. The molecule has 4 aliphatic carbocycles. The van der Waals surface area contributed by atoms with Crippen LogP contribution in [0.3, 0.4) is 0 Å². The van der Waals surface area contributed by atoms with Crippen LogP contribution in [-0.2, 0) is 40.0 Å². The summed E-state index contributed by atoms with van der Waals surface area (Å²) in [5.74, 6) is 4.34. The van der Waals surface area contributed by atoms with Crippen molar-refractivity contribution in [3.05, 3.63) is 230 Å². The summed E-state index contributed by atoms with van der Waals surface area (Å²) in [6, 6.07) is 48.6. The fourth-order valence-corrected chi connectivity index (χ4v) is 18.9. The maximum absolute atomic E-state index is 14.4. The van der Waals surface area contributed by atoms with Gasteiger partial charge in [0.25, 0.3) is 0 Å². The van der Waals surface area contributed by atoms with E-state index in [4.69, 9.17) is 25.9 Å². The average molecular weight is 1290 g/mol. The van der Waals surface area contributed by atoms with Crippen molar-refractivity contribution in [3.8, 4) is 23.3 Å². The molecule has 1 saturated heterocycles. The number of fused-ring (bicyclic) bond motifs is 8. The van der Waals surface area contributed by atoms with E-state index in [-0.39, 0.29) is 102 Å². The maximum atomic E-state index is 14.4. The van der Waals surface area contributed by atoms with Crippen molar-refractivity contribution in [2.24, 2.45) is 46.0 Å². The number of aliphatic hydroxyl groups is 3. The van der Waals surface area contributed by atoms with E-state index in [1.54, 1.807) is 12.1 Å². The molecule has 0 amide bonds. The van der Waals surface area contributed by atoms with Gasteiger partial charge in [-0.2, -0.15) is 0 Å². The normalized spacial score (nSPS) is 29.0. The van der Waals surface area contributed by atoms with E-state index in [9.17, 15) is 33.4 Å². The molecule has 16 rings (SSSR count). The first-order chi connectivity index (χ1) is 44.9. The first-order valence-electron chi connectivity index (χ1n) is 33.6. The van der Waals surface area contributed by atoms with Gasteiger partial charge in [-0.3, -0.25) is 0 Å². The minimum absolute atomic E-state index is 0. The summed E-state index contributed by atoms with van der Waals surface area (Å²) in [6.07, 6.45) is 11.4. The van der Waals surface area contributed by atoms with Crippen LogP contribution >= 0.6 is 0 Å². The molecule has 0 spiro atoms. The minimum atomic E-state index is -4.97. The Bertz CT molecular complexity index is 4220. The van der Waals surface area contributed by atoms with Crippen molar-refractivity contribution in [2.45, 2.75) is 155 Å². The van der Waals surface area contributed by atoms with Gasteiger partial charge in [0, 0.05) is 48.6 Å². The van der Waals surface area contributed by atoms with E-state index in [0.717, 1.165) is 86.8 Å². The Kier molecular flexibility index (Phi) is 19.1. The molecule has 1 saturated carbocycles. The molecule has 2 fully saturated rings. The van der Waals surface area contributed by atoms with E-state index in [0.29, 0.717) is 68.2 Å². The quantitative estimate of drug-likeness (QED) is 0.0143. The van der Waals surface area contributed by atoms with Gasteiger partial charge in [0.1, 0.15) is 17.6 Å². The molecule has 94 heavy (non-hydrogen) atoms. The van der Waals surface area contributed by atoms with E-state index in [1.807, 2.05) is 79.9 Å². The van der Waals surface area contributed by atoms with Gasteiger partial charge in [0.2, 0.25) is 5.72 Å². The number of ether oxygens (including phenoxy) is 2. The predicted molar refractivity (Wildman–Crippen MR) is 363 cm³/mol. The zero-order valence-electron chi connectivity index (χ0n) is 54.0. The number of guanidine groups is 1. The van der Waals surface area contributed by atoms with Gasteiger partial charge in [0.05, 0.1) is 33.2 Å². The summed E-state index contributed by atoms with van der Waals surface area (Å²) in [4.78, 5) is 5.20. The Hall–Kier alpha value is -6.58. The van der Waals surface area contributed by atoms with Crippen molar-refractivity contribution in [2.75, 3.05) is 13.7 Å². The number of allylic oxidation sites excluding steroid dienone is 1. The maximum Gasteiger partial charge on any atom is 1.00 e. The third-order valence-corrected chi connectivity index (χ3v) is 23.6. The third-order valence-electron chi connectivity index (χ3n) is 22.3. The Morgan fingerprint density at radius 2 is 1.66 bits per heavy atom. The van der Waals surface area contributed by atoms with Crippen LogP contribution in [0.25, 0.3) is 16.8 Å². The van der Waals surface area contributed by atoms with Crippen LogP contribution in [0, 0.1) is 41.4 Å². The summed E-state index contributed by atoms with van der Waals surface area (Å²) < 4.78 is 58.0. The number of benzene rings is 7. The summed E-state index contributed by atoms with van der Waals surface area (Å²) in [5, 5.41) is 51.9. The van der Waals surface area contributed by atoms with Crippen LogP contribution in [0.5, 0.6) is 11.5 Å². The zero-order chi connectivity index (χ0) is 64.3. The van der Waals surface area contributed by atoms with E-state index < -0.39 is 56.7 Å². The largest absolute Gasteiger partial charge is 1.00 e. The van der Waals surface area contributed by atoms with Gasteiger partial charge in [-0.05, 0) is 222 Å². The molecule has 0 aromatic heterocycles. The molecule has 7 aromatic carbocycles. The number of rotatable bonds is 13. The number of nitrogens with two attached hydrogens (primary N) is 2. The third kappa shape index (κ3) is 13.1. The minimum Gasteiger partial charge on any atom is -0.748 e. The Morgan fingerprint density at radius 1 is 0.872 bits per heavy atom. The van der Waals surface area contributed by atoms with Crippen molar-refractivity contribution in [1.82, 2.24) is 5.32 Å².